The number of rotatable bonds is 4. The lowest BCUT2D eigenvalue weighted by Crippen LogP contribution is -2.15. The fourth-order valence-electron chi connectivity index (χ4n) is 1.31. The second-order valence-corrected chi connectivity index (χ2v) is 4.52. The Morgan fingerprint density at radius 1 is 1.50 bits per heavy atom. The van der Waals surface area contributed by atoms with E-state index in [1.807, 2.05) is 12.1 Å². The molecule has 1 aliphatic rings. The number of nitrogens with one attached hydrogen (secondary N) is 1. The summed E-state index contributed by atoms with van der Waals surface area (Å²) in [5, 5.41) is 3.36. The Hall–Kier alpha value is -0.710. The maximum atomic E-state index is 10.8. The van der Waals surface area contributed by atoms with E-state index in [0.29, 0.717) is 10.9 Å². The van der Waals surface area contributed by atoms with E-state index >= 15 is 0 Å². The Morgan fingerprint density at radius 2 is 2.29 bits per heavy atom. The molecule has 1 fully saturated rings. The van der Waals surface area contributed by atoms with Crippen molar-refractivity contribution >= 4 is 11.1 Å². The summed E-state index contributed by atoms with van der Waals surface area (Å²) in [5.41, 5.74) is 1.07. The van der Waals surface area contributed by atoms with Crippen LogP contribution in [0.5, 0.6) is 0 Å². The zero-order valence-corrected chi connectivity index (χ0v) is 8.59. The SMILES string of the molecule is O=S(O)c1cccc(CNC2CC2)c1. The summed E-state index contributed by atoms with van der Waals surface area (Å²) in [6, 6.07) is 7.87. The molecule has 0 aromatic heterocycles. The predicted octanol–water partition coefficient (Wildman–Crippen LogP) is 1.52. The number of benzene rings is 1. The normalized spacial score (nSPS) is 18.1. The second-order valence-electron chi connectivity index (χ2n) is 3.55. The van der Waals surface area contributed by atoms with Gasteiger partial charge in [-0.3, -0.25) is 0 Å². The van der Waals surface area contributed by atoms with Crippen LogP contribution in [-0.4, -0.2) is 14.8 Å². The van der Waals surface area contributed by atoms with Gasteiger partial charge in [-0.15, -0.1) is 0 Å². The van der Waals surface area contributed by atoms with E-state index in [2.05, 4.69) is 5.32 Å². The Kier molecular flexibility index (Phi) is 2.96. The van der Waals surface area contributed by atoms with Gasteiger partial charge in [-0.2, -0.15) is 0 Å². The van der Waals surface area contributed by atoms with E-state index in [4.69, 9.17) is 4.55 Å². The Morgan fingerprint density at radius 3 is 2.93 bits per heavy atom. The zero-order valence-electron chi connectivity index (χ0n) is 7.77. The molecule has 0 amide bonds. The third-order valence-corrected chi connectivity index (χ3v) is 2.93. The average molecular weight is 211 g/mol. The van der Waals surface area contributed by atoms with Crippen LogP contribution >= 0.6 is 0 Å². The van der Waals surface area contributed by atoms with Gasteiger partial charge in [-0.25, -0.2) is 4.21 Å². The van der Waals surface area contributed by atoms with Crippen molar-refractivity contribution in [2.45, 2.75) is 30.3 Å². The molecule has 1 aliphatic carbocycles. The first kappa shape index (κ1) is 9.83. The van der Waals surface area contributed by atoms with E-state index in [1.165, 1.54) is 12.8 Å². The van der Waals surface area contributed by atoms with Gasteiger partial charge in [0.1, 0.15) is 0 Å². The molecule has 14 heavy (non-hydrogen) atoms. The van der Waals surface area contributed by atoms with E-state index in [1.54, 1.807) is 12.1 Å². The first-order valence-electron chi connectivity index (χ1n) is 4.69. The second kappa shape index (κ2) is 4.21. The summed E-state index contributed by atoms with van der Waals surface area (Å²) in [6.07, 6.45) is 2.51. The van der Waals surface area contributed by atoms with Crippen molar-refractivity contribution in [1.82, 2.24) is 5.32 Å². The third kappa shape index (κ3) is 2.64. The molecule has 1 saturated carbocycles. The van der Waals surface area contributed by atoms with Gasteiger partial charge in [0.05, 0.1) is 4.90 Å². The van der Waals surface area contributed by atoms with Gasteiger partial charge in [0.25, 0.3) is 0 Å². The molecule has 0 radical (unpaired) electrons. The smallest absolute Gasteiger partial charge is 0.186 e. The van der Waals surface area contributed by atoms with Crippen molar-refractivity contribution < 1.29 is 8.76 Å². The number of hydrogen-bond donors (Lipinski definition) is 2. The standard InChI is InChI=1S/C10H13NO2S/c12-14(13)10-3-1-2-8(6-10)7-11-9-4-5-9/h1-3,6,9,11H,4-5,7H2,(H,12,13). The molecule has 76 valence electrons. The molecule has 0 saturated heterocycles. The molecule has 1 aromatic rings. The molecule has 2 rings (SSSR count). The van der Waals surface area contributed by atoms with Gasteiger partial charge in [0.2, 0.25) is 0 Å². The van der Waals surface area contributed by atoms with E-state index in [-0.39, 0.29) is 0 Å². The molecule has 0 aliphatic heterocycles. The summed E-state index contributed by atoms with van der Waals surface area (Å²) in [6.45, 7) is 0.787. The highest BCUT2D eigenvalue weighted by Gasteiger charge is 2.19. The van der Waals surface area contributed by atoms with Crippen LogP contribution in [-0.2, 0) is 17.6 Å². The summed E-state index contributed by atoms with van der Waals surface area (Å²) >= 11 is -1.87. The molecule has 1 aromatic carbocycles. The molecule has 4 heteroatoms. The maximum Gasteiger partial charge on any atom is 0.186 e. The van der Waals surface area contributed by atoms with Crippen molar-refractivity contribution in [3.05, 3.63) is 29.8 Å². The minimum Gasteiger partial charge on any atom is -0.310 e. The van der Waals surface area contributed by atoms with Crippen LogP contribution in [0.1, 0.15) is 18.4 Å². The lowest BCUT2D eigenvalue weighted by atomic mass is 10.2. The lowest BCUT2D eigenvalue weighted by Gasteiger charge is -2.03. The molecule has 1 atom stereocenters. The van der Waals surface area contributed by atoms with Crippen LogP contribution in [0, 0.1) is 0 Å². The van der Waals surface area contributed by atoms with E-state index in [9.17, 15) is 4.21 Å². The monoisotopic (exact) mass is 211 g/mol. The van der Waals surface area contributed by atoms with Gasteiger partial charge in [-0.1, -0.05) is 12.1 Å². The quantitative estimate of drug-likeness (QED) is 0.742. The first-order chi connectivity index (χ1) is 6.75. The fourth-order valence-corrected chi connectivity index (χ4v) is 1.76. The minimum atomic E-state index is -1.87. The largest absolute Gasteiger partial charge is 0.310 e. The highest BCUT2D eigenvalue weighted by Crippen LogP contribution is 2.19. The molecule has 0 spiro atoms. The summed E-state index contributed by atoms with van der Waals surface area (Å²) in [5.74, 6) is 0. The lowest BCUT2D eigenvalue weighted by molar-refractivity contribution is 0.564. The molecule has 0 bridgehead atoms. The minimum absolute atomic E-state index is 0.472. The fraction of sp³-hybridized carbons (Fsp3) is 0.400. The van der Waals surface area contributed by atoms with Crippen molar-refractivity contribution in [3.8, 4) is 0 Å². The van der Waals surface area contributed by atoms with Crippen LogP contribution < -0.4 is 5.32 Å². The summed E-state index contributed by atoms with van der Waals surface area (Å²) in [4.78, 5) is 0.472. The molecular weight excluding hydrogens is 198 g/mol. The summed E-state index contributed by atoms with van der Waals surface area (Å²) < 4.78 is 19.7. The maximum absolute atomic E-state index is 10.8. The Bertz CT molecular complexity index is 350. The first-order valence-corrected chi connectivity index (χ1v) is 5.79. The third-order valence-electron chi connectivity index (χ3n) is 2.27. The average Bonchev–Trinajstić information content (AvgIpc) is 2.99. The summed E-state index contributed by atoms with van der Waals surface area (Å²) in [7, 11) is 0. The Balaban J connectivity index is 2.01. The topological polar surface area (TPSA) is 49.3 Å². The molecule has 2 N–H and O–H groups in total. The molecule has 3 nitrogen and oxygen atoms in total. The van der Waals surface area contributed by atoms with Crippen LogP contribution in [0.25, 0.3) is 0 Å². The highest BCUT2D eigenvalue weighted by atomic mass is 32.2. The van der Waals surface area contributed by atoms with E-state index < -0.39 is 11.1 Å². The Labute approximate surface area is 85.8 Å². The molecular formula is C10H13NO2S. The van der Waals surface area contributed by atoms with Crippen LogP contribution in [0.15, 0.2) is 29.2 Å². The van der Waals surface area contributed by atoms with E-state index in [0.717, 1.165) is 12.1 Å². The van der Waals surface area contributed by atoms with Crippen molar-refractivity contribution in [3.63, 3.8) is 0 Å². The molecule has 1 unspecified atom stereocenters. The van der Waals surface area contributed by atoms with Crippen LogP contribution in [0.2, 0.25) is 0 Å². The zero-order chi connectivity index (χ0) is 9.97. The number of hydrogen-bond acceptors (Lipinski definition) is 2. The van der Waals surface area contributed by atoms with Gasteiger partial charge >= 0.3 is 0 Å². The van der Waals surface area contributed by atoms with Gasteiger partial charge in [0, 0.05) is 12.6 Å². The van der Waals surface area contributed by atoms with Crippen molar-refractivity contribution in [2.75, 3.05) is 0 Å². The van der Waals surface area contributed by atoms with Crippen LogP contribution in [0.4, 0.5) is 0 Å². The van der Waals surface area contributed by atoms with Crippen LogP contribution in [0.3, 0.4) is 0 Å². The predicted molar refractivity (Wildman–Crippen MR) is 55.3 cm³/mol. The van der Waals surface area contributed by atoms with Crippen molar-refractivity contribution in [1.29, 1.82) is 0 Å². The van der Waals surface area contributed by atoms with Gasteiger partial charge < -0.3 is 9.87 Å². The van der Waals surface area contributed by atoms with Crippen molar-refractivity contribution in [2.24, 2.45) is 0 Å². The highest BCUT2D eigenvalue weighted by molar-refractivity contribution is 7.79. The molecule has 0 heterocycles. The van der Waals surface area contributed by atoms with Gasteiger partial charge in [0.15, 0.2) is 11.1 Å². The van der Waals surface area contributed by atoms with Gasteiger partial charge in [-0.05, 0) is 30.5 Å².